The molecular weight excluding hydrogens is 172 g/mol. The number of aromatic carboxylic acids is 1. The Morgan fingerprint density at radius 3 is 2.15 bits per heavy atom. The number of rotatable bonds is 3. The van der Waals surface area contributed by atoms with Gasteiger partial charge in [0.15, 0.2) is 6.29 Å². The van der Waals surface area contributed by atoms with Crippen LogP contribution in [0.25, 0.3) is 0 Å². The summed E-state index contributed by atoms with van der Waals surface area (Å²) in [6, 6.07) is 5.98. The zero-order valence-electron chi connectivity index (χ0n) is 6.84. The number of carbonyl (C=O) groups is 1. The van der Waals surface area contributed by atoms with Gasteiger partial charge in [0, 0.05) is 6.42 Å². The largest absolute Gasteiger partial charge is 0.478 e. The van der Waals surface area contributed by atoms with Gasteiger partial charge in [0.1, 0.15) is 0 Å². The third kappa shape index (κ3) is 2.85. The molecule has 0 amide bonds. The minimum Gasteiger partial charge on any atom is -0.478 e. The van der Waals surface area contributed by atoms with Crippen molar-refractivity contribution in [1.29, 1.82) is 0 Å². The lowest BCUT2D eigenvalue weighted by atomic mass is 10.1. The van der Waals surface area contributed by atoms with Gasteiger partial charge in [-0.05, 0) is 17.7 Å². The van der Waals surface area contributed by atoms with Crippen molar-refractivity contribution in [2.45, 2.75) is 12.7 Å². The van der Waals surface area contributed by atoms with Crippen molar-refractivity contribution in [1.82, 2.24) is 0 Å². The first-order valence-electron chi connectivity index (χ1n) is 3.78. The second kappa shape index (κ2) is 4.02. The zero-order chi connectivity index (χ0) is 9.84. The highest BCUT2D eigenvalue weighted by Gasteiger charge is 2.03. The predicted octanol–water partition coefficient (Wildman–Crippen LogP) is 0.238. The van der Waals surface area contributed by atoms with Gasteiger partial charge in [0.25, 0.3) is 0 Å². The number of carboxylic acids is 1. The number of hydrogen-bond acceptors (Lipinski definition) is 3. The first-order valence-corrected chi connectivity index (χ1v) is 3.78. The molecule has 4 nitrogen and oxygen atoms in total. The number of carboxylic acid groups (broad SMARTS) is 1. The van der Waals surface area contributed by atoms with Crippen LogP contribution in [0.5, 0.6) is 0 Å². The number of hydrogen-bond donors (Lipinski definition) is 3. The Balaban J connectivity index is 2.75. The van der Waals surface area contributed by atoms with Crippen molar-refractivity contribution in [3.05, 3.63) is 35.4 Å². The molecular formula is C9H10O4. The summed E-state index contributed by atoms with van der Waals surface area (Å²) in [4.78, 5) is 10.4. The lowest BCUT2D eigenvalue weighted by Gasteiger charge is -2.03. The van der Waals surface area contributed by atoms with Crippen LogP contribution in [-0.4, -0.2) is 27.6 Å². The van der Waals surface area contributed by atoms with Crippen LogP contribution in [0.4, 0.5) is 0 Å². The topological polar surface area (TPSA) is 77.8 Å². The van der Waals surface area contributed by atoms with E-state index in [9.17, 15) is 4.79 Å². The van der Waals surface area contributed by atoms with Crippen molar-refractivity contribution < 1.29 is 20.1 Å². The molecule has 0 aliphatic carbocycles. The van der Waals surface area contributed by atoms with Crippen LogP contribution < -0.4 is 0 Å². The van der Waals surface area contributed by atoms with E-state index in [0.29, 0.717) is 5.56 Å². The molecule has 70 valence electrons. The molecule has 1 aromatic rings. The summed E-state index contributed by atoms with van der Waals surface area (Å²) in [6.45, 7) is 0. The number of aliphatic hydroxyl groups is 2. The van der Waals surface area contributed by atoms with Crippen molar-refractivity contribution in [3.63, 3.8) is 0 Å². The van der Waals surface area contributed by atoms with E-state index in [4.69, 9.17) is 15.3 Å². The van der Waals surface area contributed by atoms with Crippen molar-refractivity contribution in [3.8, 4) is 0 Å². The Hall–Kier alpha value is -1.39. The molecule has 1 rings (SSSR count). The first kappa shape index (κ1) is 9.70. The molecule has 0 atom stereocenters. The van der Waals surface area contributed by atoms with Gasteiger partial charge >= 0.3 is 5.97 Å². The summed E-state index contributed by atoms with van der Waals surface area (Å²) in [5.41, 5.74) is 0.885. The van der Waals surface area contributed by atoms with E-state index in [1.54, 1.807) is 12.1 Å². The van der Waals surface area contributed by atoms with Gasteiger partial charge in [-0.2, -0.15) is 0 Å². The van der Waals surface area contributed by atoms with Gasteiger partial charge < -0.3 is 15.3 Å². The third-order valence-corrected chi connectivity index (χ3v) is 1.62. The maximum Gasteiger partial charge on any atom is 0.335 e. The molecule has 0 heterocycles. The maximum atomic E-state index is 10.4. The van der Waals surface area contributed by atoms with E-state index in [1.807, 2.05) is 0 Å². The quantitative estimate of drug-likeness (QED) is 0.585. The highest BCUT2D eigenvalue weighted by atomic mass is 16.5. The van der Waals surface area contributed by atoms with E-state index in [0.717, 1.165) is 0 Å². The molecule has 0 unspecified atom stereocenters. The molecule has 0 aliphatic rings. The molecule has 0 radical (unpaired) electrons. The minimum absolute atomic E-state index is 0.111. The van der Waals surface area contributed by atoms with Crippen molar-refractivity contribution >= 4 is 5.97 Å². The summed E-state index contributed by atoms with van der Waals surface area (Å²) in [6.07, 6.45) is -1.28. The van der Waals surface area contributed by atoms with Gasteiger partial charge in [-0.15, -0.1) is 0 Å². The Bertz CT molecular complexity index is 289. The standard InChI is InChI=1S/C9H10O4/c10-8(11)5-6-1-3-7(4-2-6)9(12)13/h1-4,8,10-11H,5H2,(H,12,13). The molecule has 13 heavy (non-hydrogen) atoms. The molecule has 0 saturated heterocycles. The minimum atomic E-state index is -1.39. The fourth-order valence-corrected chi connectivity index (χ4v) is 0.994. The maximum absolute atomic E-state index is 10.4. The Morgan fingerprint density at radius 2 is 1.77 bits per heavy atom. The van der Waals surface area contributed by atoms with Gasteiger partial charge in [0.05, 0.1) is 5.56 Å². The van der Waals surface area contributed by atoms with Gasteiger partial charge in [-0.25, -0.2) is 4.79 Å². The lowest BCUT2D eigenvalue weighted by molar-refractivity contribution is -0.0381. The Morgan fingerprint density at radius 1 is 1.23 bits per heavy atom. The van der Waals surface area contributed by atoms with E-state index < -0.39 is 12.3 Å². The summed E-state index contributed by atoms with van der Waals surface area (Å²) >= 11 is 0. The summed E-state index contributed by atoms with van der Waals surface area (Å²) in [5, 5.41) is 25.8. The highest BCUT2D eigenvalue weighted by Crippen LogP contribution is 2.06. The van der Waals surface area contributed by atoms with Crippen LogP contribution in [-0.2, 0) is 6.42 Å². The monoisotopic (exact) mass is 182 g/mol. The molecule has 4 heteroatoms. The fraction of sp³-hybridized carbons (Fsp3) is 0.222. The Kier molecular flexibility index (Phi) is 3.00. The summed E-state index contributed by atoms with van der Waals surface area (Å²) < 4.78 is 0. The highest BCUT2D eigenvalue weighted by molar-refractivity contribution is 5.87. The summed E-state index contributed by atoms with van der Waals surface area (Å²) in [7, 11) is 0. The molecule has 1 aromatic carbocycles. The van der Waals surface area contributed by atoms with Crippen molar-refractivity contribution in [2.24, 2.45) is 0 Å². The number of benzene rings is 1. The smallest absolute Gasteiger partial charge is 0.335 e. The molecule has 0 spiro atoms. The SMILES string of the molecule is O=C(O)c1ccc(CC(O)O)cc1. The van der Waals surface area contributed by atoms with E-state index in [2.05, 4.69) is 0 Å². The van der Waals surface area contributed by atoms with Gasteiger partial charge in [-0.3, -0.25) is 0 Å². The van der Waals surface area contributed by atoms with E-state index in [-0.39, 0.29) is 12.0 Å². The third-order valence-electron chi connectivity index (χ3n) is 1.62. The second-order valence-corrected chi connectivity index (χ2v) is 2.69. The average Bonchev–Trinajstić information content (AvgIpc) is 2.04. The Labute approximate surface area is 75.1 Å². The van der Waals surface area contributed by atoms with Crippen LogP contribution in [0, 0.1) is 0 Å². The van der Waals surface area contributed by atoms with Gasteiger partial charge in [0.2, 0.25) is 0 Å². The molecule has 0 fully saturated rings. The zero-order valence-corrected chi connectivity index (χ0v) is 6.84. The molecule has 0 bridgehead atoms. The first-order chi connectivity index (χ1) is 6.09. The van der Waals surface area contributed by atoms with Crippen LogP contribution >= 0.6 is 0 Å². The number of aliphatic hydroxyl groups excluding tert-OH is 1. The normalized spacial score (nSPS) is 10.4. The van der Waals surface area contributed by atoms with Crippen LogP contribution in [0.15, 0.2) is 24.3 Å². The van der Waals surface area contributed by atoms with Crippen LogP contribution in [0.2, 0.25) is 0 Å². The molecule has 3 N–H and O–H groups in total. The second-order valence-electron chi connectivity index (χ2n) is 2.69. The fourth-order valence-electron chi connectivity index (χ4n) is 0.994. The average molecular weight is 182 g/mol. The van der Waals surface area contributed by atoms with E-state index >= 15 is 0 Å². The molecule has 0 aromatic heterocycles. The van der Waals surface area contributed by atoms with Crippen LogP contribution in [0.1, 0.15) is 15.9 Å². The lowest BCUT2D eigenvalue weighted by Crippen LogP contribution is -2.08. The van der Waals surface area contributed by atoms with Crippen LogP contribution in [0.3, 0.4) is 0 Å². The van der Waals surface area contributed by atoms with Crippen molar-refractivity contribution in [2.75, 3.05) is 0 Å². The summed E-state index contributed by atoms with van der Waals surface area (Å²) in [5.74, 6) is -0.990. The van der Waals surface area contributed by atoms with Gasteiger partial charge in [-0.1, -0.05) is 12.1 Å². The molecule has 0 saturated carbocycles. The molecule has 0 aliphatic heterocycles. The van der Waals surface area contributed by atoms with E-state index in [1.165, 1.54) is 12.1 Å². The predicted molar refractivity (Wildman–Crippen MR) is 45.3 cm³/mol.